The van der Waals surface area contributed by atoms with Crippen molar-refractivity contribution in [2.45, 2.75) is 20.0 Å². The largest absolute Gasteiger partial charge is 0.482 e. The summed E-state index contributed by atoms with van der Waals surface area (Å²) < 4.78 is 11.7. The van der Waals surface area contributed by atoms with E-state index in [0.717, 1.165) is 4.47 Å². The molecule has 4 nitrogen and oxygen atoms in total. The molecule has 1 aromatic carbocycles. The fourth-order valence-corrected chi connectivity index (χ4v) is 1.73. The lowest BCUT2D eigenvalue weighted by molar-refractivity contribution is 0.259. The lowest BCUT2D eigenvalue weighted by Gasteiger charge is -2.05. The molecule has 0 saturated carbocycles. The third-order valence-corrected chi connectivity index (χ3v) is 2.86. The van der Waals surface area contributed by atoms with E-state index in [1.54, 1.807) is 12.1 Å². The van der Waals surface area contributed by atoms with Gasteiger partial charge in [-0.15, -0.1) is 10.2 Å². The van der Waals surface area contributed by atoms with Crippen LogP contribution in [0.2, 0.25) is 5.02 Å². The van der Waals surface area contributed by atoms with Crippen LogP contribution in [0.1, 0.15) is 18.7 Å². The number of nitrogens with zero attached hydrogens (tertiary/aromatic N) is 2. The van der Waals surface area contributed by atoms with E-state index >= 15 is 0 Å². The predicted octanol–water partition coefficient (Wildman–Crippen LogP) is 3.63. The standard InChI is InChI=1S/C11H10BrClN2O2/c1-2-10-14-15-11(17-10)6-16-9-5-7(12)3-4-8(9)13/h3-5H,2,6H2,1H3. The third kappa shape index (κ3) is 3.20. The van der Waals surface area contributed by atoms with Gasteiger partial charge in [0.15, 0.2) is 6.61 Å². The Labute approximate surface area is 112 Å². The van der Waals surface area contributed by atoms with Crippen molar-refractivity contribution in [3.63, 3.8) is 0 Å². The first-order chi connectivity index (χ1) is 8.19. The smallest absolute Gasteiger partial charge is 0.253 e. The molecule has 0 unspecified atom stereocenters. The fraction of sp³-hybridized carbons (Fsp3) is 0.273. The summed E-state index contributed by atoms with van der Waals surface area (Å²) in [7, 11) is 0. The molecule has 1 heterocycles. The Morgan fingerprint density at radius 3 is 2.82 bits per heavy atom. The van der Waals surface area contributed by atoms with Crippen LogP contribution in [0, 0.1) is 0 Å². The Bertz CT molecular complexity index is 516. The van der Waals surface area contributed by atoms with Crippen molar-refractivity contribution in [3.05, 3.63) is 39.5 Å². The lowest BCUT2D eigenvalue weighted by atomic mass is 10.3. The van der Waals surface area contributed by atoms with E-state index in [1.165, 1.54) is 0 Å². The minimum Gasteiger partial charge on any atom is -0.482 e. The maximum Gasteiger partial charge on any atom is 0.253 e. The molecule has 17 heavy (non-hydrogen) atoms. The molecule has 1 aromatic heterocycles. The van der Waals surface area contributed by atoms with E-state index in [-0.39, 0.29) is 6.61 Å². The van der Waals surface area contributed by atoms with E-state index in [4.69, 9.17) is 20.8 Å². The summed E-state index contributed by atoms with van der Waals surface area (Å²) in [5.74, 6) is 1.62. The van der Waals surface area contributed by atoms with E-state index < -0.39 is 0 Å². The first-order valence-electron chi connectivity index (χ1n) is 5.08. The van der Waals surface area contributed by atoms with Crippen LogP contribution in [0.5, 0.6) is 5.75 Å². The molecular weight excluding hydrogens is 307 g/mol. The quantitative estimate of drug-likeness (QED) is 0.864. The Morgan fingerprint density at radius 1 is 1.35 bits per heavy atom. The van der Waals surface area contributed by atoms with Crippen molar-refractivity contribution in [1.29, 1.82) is 0 Å². The lowest BCUT2D eigenvalue weighted by Crippen LogP contribution is -1.96. The summed E-state index contributed by atoms with van der Waals surface area (Å²) in [6.45, 7) is 2.16. The van der Waals surface area contributed by atoms with Gasteiger partial charge in [0, 0.05) is 10.9 Å². The average Bonchev–Trinajstić information content (AvgIpc) is 2.78. The summed E-state index contributed by atoms with van der Waals surface area (Å²) in [5.41, 5.74) is 0. The summed E-state index contributed by atoms with van der Waals surface area (Å²) in [6.07, 6.45) is 0.713. The third-order valence-electron chi connectivity index (χ3n) is 2.06. The van der Waals surface area contributed by atoms with Gasteiger partial charge in [-0.1, -0.05) is 34.5 Å². The van der Waals surface area contributed by atoms with E-state index in [0.29, 0.717) is 29.0 Å². The fourth-order valence-electron chi connectivity index (χ4n) is 1.22. The van der Waals surface area contributed by atoms with Crippen molar-refractivity contribution in [3.8, 4) is 5.75 Å². The highest BCUT2D eigenvalue weighted by Crippen LogP contribution is 2.28. The van der Waals surface area contributed by atoms with Gasteiger partial charge in [0.05, 0.1) is 5.02 Å². The average molecular weight is 318 g/mol. The molecule has 0 spiro atoms. The highest BCUT2D eigenvalue weighted by molar-refractivity contribution is 9.10. The van der Waals surface area contributed by atoms with Gasteiger partial charge in [-0.05, 0) is 18.2 Å². The molecule has 90 valence electrons. The highest BCUT2D eigenvalue weighted by Gasteiger charge is 2.07. The van der Waals surface area contributed by atoms with Gasteiger partial charge < -0.3 is 9.15 Å². The van der Waals surface area contributed by atoms with E-state index in [1.807, 2.05) is 13.0 Å². The van der Waals surface area contributed by atoms with Gasteiger partial charge in [0.2, 0.25) is 5.89 Å². The molecule has 0 fully saturated rings. The summed E-state index contributed by atoms with van der Waals surface area (Å²) in [5, 5.41) is 8.25. The molecule has 0 radical (unpaired) electrons. The molecule has 0 N–H and O–H groups in total. The Kier molecular flexibility index (Phi) is 4.02. The molecule has 2 rings (SSSR count). The highest BCUT2D eigenvalue weighted by atomic mass is 79.9. The van der Waals surface area contributed by atoms with Crippen LogP contribution in [0.15, 0.2) is 27.1 Å². The van der Waals surface area contributed by atoms with Gasteiger partial charge in [-0.25, -0.2) is 0 Å². The topological polar surface area (TPSA) is 48.2 Å². The molecule has 0 saturated heterocycles. The van der Waals surface area contributed by atoms with Crippen LogP contribution in [-0.2, 0) is 13.0 Å². The van der Waals surface area contributed by atoms with Crippen molar-refractivity contribution in [2.75, 3.05) is 0 Å². The molecule has 0 aliphatic rings. The first-order valence-corrected chi connectivity index (χ1v) is 6.25. The van der Waals surface area contributed by atoms with Crippen molar-refractivity contribution in [1.82, 2.24) is 10.2 Å². The van der Waals surface area contributed by atoms with E-state index in [2.05, 4.69) is 26.1 Å². The Morgan fingerprint density at radius 2 is 2.12 bits per heavy atom. The number of halogens is 2. The number of aryl methyl sites for hydroxylation is 1. The molecule has 0 bridgehead atoms. The predicted molar refractivity (Wildman–Crippen MR) is 67.2 cm³/mol. The first kappa shape index (κ1) is 12.4. The maximum absolute atomic E-state index is 5.98. The van der Waals surface area contributed by atoms with Gasteiger partial charge in [0.25, 0.3) is 5.89 Å². The monoisotopic (exact) mass is 316 g/mol. The normalized spacial score (nSPS) is 10.5. The number of aromatic nitrogens is 2. The zero-order valence-corrected chi connectivity index (χ0v) is 11.5. The zero-order chi connectivity index (χ0) is 12.3. The Hall–Kier alpha value is -1.07. The van der Waals surface area contributed by atoms with Crippen LogP contribution in [0.25, 0.3) is 0 Å². The van der Waals surface area contributed by atoms with Crippen LogP contribution >= 0.6 is 27.5 Å². The summed E-state index contributed by atoms with van der Waals surface area (Å²) >= 11 is 9.33. The van der Waals surface area contributed by atoms with Crippen LogP contribution in [0.4, 0.5) is 0 Å². The van der Waals surface area contributed by atoms with Crippen LogP contribution in [-0.4, -0.2) is 10.2 Å². The Balaban J connectivity index is 2.04. The van der Waals surface area contributed by atoms with E-state index in [9.17, 15) is 0 Å². The number of rotatable bonds is 4. The molecule has 0 aliphatic heterocycles. The second kappa shape index (κ2) is 5.51. The molecular formula is C11H10BrClN2O2. The van der Waals surface area contributed by atoms with Gasteiger partial charge >= 0.3 is 0 Å². The number of ether oxygens (including phenoxy) is 1. The molecule has 0 amide bonds. The molecule has 2 aromatic rings. The van der Waals surface area contributed by atoms with Crippen LogP contribution in [0.3, 0.4) is 0 Å². The SMILES string of the molecule is CCc1nnc(COc2cc(Br)ccc2Cl)o1. The minimum absolute atomic E-state index is 0.211. The van der Waals surface area contributed by atoms with Gasteiger partial charge in [-0.3, -0.25) is 0 Å². The van der Waals surface area contributed by atoms with Crippen molar-refractivity contribution >= 4 is 27.5 Å². The minimum atomic E-state index is 0.211. The maximum atomic E-state index is 5.98. The molecule has 0 atom stereocenters. The number of hydrogen-bond acceptors (Lipinski definition) is 4. The second-order valence-corrected chi connectivity index (χ2v) is 4.63. The zero-order valence-electron chi connectivity index (χ0n) is 9.11. The summed E-state index contributed by atoms with van der Waals surface area (Å²) in [6, 6.07) is 5.39. The van der Waals surface area contributed by atoms with Crippen molar-refractivity contribution in [2.24, 2.45) is 0 Å². The van der Waals surface area contributed by atoms with Gasteiger partial charge in [0.1, 0.15) is 5.75 Å². The molecule has 0 aliphatic carbocycles. The number of benzene rings is 1. The van der Waals surface area contributed by atoms with Crippen LogP contribution < -0.4 is 4.74 Å². The van der Waals surface area contributed by atoms with Gasteiger partial charge in [-0.2, -0.15) is 0 Å². The van der Waals surface area contributed by atoms with Crippen molar-refractivity contribution < 1.29 is 9.15 Å². The second-order valence-electron chi connectivity index (χ2n) is 3.31. The molecule has 6 heteroatoms. The summed E-state index contributed by atoms with van der Waals surface area (Å²) in [4.78, 5) is 0. The number of hydrogen-bond donors (Lipinski definition) is 0.